The van der Waals surface area contributed by atoms with E-state index < -0.39 is 30.7 Å². The maximum absolute atomic E-state index is 11.2. The van der Waals surface area contributed by atoms with Crippen molar-refractivity contribution in [1.29, 1.82) is 0 Å². The Morgan fingerprint density at radius 3 is 1.54 bits per heavy atom. The zero-order chi connectivity index (χ0) is 28.1. The number of benzene rings is 4. The van der Waals surface area contributed by atoms with Crippen molar-refractivity contribution in [2.24, 2.45) is 0 Å². The first-order valence-corrected chi connectivity index (χ1v) is 14.9. The largest absolute Gasteiger partial charge is 0.368 e. The van der Waals surface area contributed by atoms with E-state index in [1.54, 1.807) is 11.8 Å². The third-order valence-electron chi connectivity index (χ3n) is 6.82. The topological polar surface area (TPSA) is 57.2 Å². The van der Waals surface area contributed by atoms with Crippen LogP contribution in [0.25, 0.3) is 0 Å². The van der Waals surface area contributed by atoms with E-state index in [1.807, 2.05) is 115 Å². The number of hydrogen-bond donors (Lipinski definition) is 1. The smallest absolute Gasteiger partial charge is 0.184 e. The molecule has 6 heteroatoms. The molecule has 41 heavy (non-hydrogen) atoms. The molecular weight excluding hydrogens is 532 g/mol. The Kier molecular flexibility index (Phi) is 11.2. The first-order chi connectivity index (χ1) is 20.3. The van der Waals surface area contributed by atoms with Crippen LogP contribution in [0.2, 0.25) is 0 Å². The lowest BCUT2D eigenvalue weighted by Crippen LogP contribution is -2.59. The standard InChI is InChI=1S/C35H36O5S/c36-35-34(39-26-29-18-9-3-10-19-29)33(38-25-28-16-7-2-8-17-28)32(37-24-27-14-5-1-6-15-27)31(40-35)22-13-23-41-30-20-11-4-12-21-30/h1-22,31-36H,23-26H2/b22-13+/t31-,32+,33+,34-,35?/m1/s1. The Morgan fingerprint density at radius 2 is 1.02 bits per heavy atom. The van der Waals surface area contributed by atoms with Crippen LogP contribution in [0.3, 0.4) is 0 Å². The van der Waals surface area contributed by atoms with Gasteiger partial charge in [-0.2, -0.15) is 0 Å². The number of aliphatic hydroxyl groups excluding tert-OH is 1. The van der Waals surface area contributed by atoms with E-state index in [9.17, 15) is 5.11 Å². The predicted molar refractivity (Wildman–Crippen MR) is 162 cm³/mol. The van der Waals surface area contributed by atoms with Gasteiger partial charge in [-0.05, 0) is 28.8 Å². The van der Waals surface area contributed by atoms with Gasteiger partial charge in [-0.3, -0.25) is 0 Å². The number of thioether (sulfide) groups is 1. The number of ether oxygens (including phenoxy) is 4. The minimum Gasteiger partial charge on any atom is -0.368 e. The summed E-state index contributed by atoms with van der Waals surface area (Å²) in [5, 5.41) is 11.2. The molecule has 0 saturated carbocycles. The maximum atomic E-state index is 11.2. The molecule has 1 aliphatic heterocycles. The Labute approximate surface area is 246 Å². The summed E-state index contributed by atoms with van der Waals surface area (Å²) in [6, 6.07) is 40.2. The third kappa shape index (κ3) is 8.88. The van der Waals surface area contributed by atoms with Gasteiger partial charge < -0.3 is 24.1 Å². The molecule has 4 aromatic carbocycles. The molecule has 212 valence electrons. The second kappa shape index (κ2) is 15.7. The molecule has 5 nitrogen and oxygen atoms in total. The maximum Gasteiger partial charge on any atom is 0.184 e. The van der Waals surface area contributed by atoms with Gasteiger partial charge in [0.1, 0.15) is 24.4 Å². The molecule has 0 amide bonds. The summed E-state index contributed by atoms with van der Waals surface area (Å²) >= 11 is 1.73. The summed E-state index contributed by atoms with van der Waals surface area (Å²) in [4.78, 5) is 1.19. The second-order valence-electron chi connectivity index (χ2n) is 9.83. The summed E-state index contributed by atoms with van der Waals surface area (Å²) in [6.45, 7) is 1.05. The normalized spacial score (nSPS) is 22.6. The van der Waals surface area contributed by atoms with Gasteiger partial charge in [-0.25, -0.2) is 0 Å². The van der Waals surface area contributed by atoms with Crippen molar-refractivity contribution in [3.63, 3.8) is 0 Å². The van der Waals surface area contributed by atoms with Gasteiger partial charge in [0.25, 0.3) is 0 Å². The van der Waals surface area contributed by atoms with Crippen LogP contribution in [0.15, 0.2) is 138 Å². The van der Waals surface area contributed by atoms with Crippen molar-refractivity contribution in [1.82, 2.24) is 0 Å². The third-order valence-corrected chi connectivity index (χ3v) is 7.78. The Balaban J connectivity index is 1.36. The van der Waals surface area contributed by atoms with E-state index in [4.69, 9.17) is 18.9 Å². The van der Waals surface area contributed by atoms with Gasteiger partial charge in [-0.15, -0.1) is 11.8 Å². The molecule has 1 heterocycles. The molecule has 5 rings (SSSR count). The van der Waals surface area contributed by atoms with E-state index in [2.05, 4.69) is 18.2 Å². The SMILES string of the molecule is OC1O[C@H](/C=C/CSc2ccccc2)[C@H](OCc2ccccc2)[C@H](OCc2ccccc2)[C@H]1OCc1ccccc1. The molecule has 0 spiro atoms. The van der Waals surface area contributed by atoms with Crippen LogP contribution in [0, 0.1) is 0 Å². The fraction of sp³-hybridized carbons (Fsp3) is 0.257. The Bertz CT molecular complexity index is 1300. The molecule has 0 aromatic heterocycles. The number of hydrogen-bond acceptors (Lipinski definition) is 6. The van der Waals surface area contributed by atoms with Gasteiger partial charge >= 0.3 is 0 Å². The summed E-state index contributed by atoms with van der Waals surface area (Å²) < 4.78 is 25.5. The second-order valence-corrected chi connectivity index (χ2v) is 10.9. The predicted octanol–water partition coefficient (Wildman–Crippen LogP) is 6.81. The van der Waals surface area contributed by atoms with Gasteiger partial charge in [0.2, 0.25) is 0 Å². The van der Waals surface area contributed by atoms with Gasteiger partial charge in [-0.1, -0.05) is 121 Å². The summed E-state index contributed by atoms with van der Waals surface area (Å²) in [7, 11) is 0. The van der Waals surface area contributed by atoms with E-state index in [1.165, 1.54) is 4.90 Å². The summed E-state index contributed by atoms with van der Waals surface area (Å²) in [5.41, 5.74) is 3.08. The first-order valence-electron chi connectivity index (χ1n) is 13.9. The highest BCUT2D eigenvalue weighted by Gasteiger charge is 2.47. The van der Waals surface area contributed by atoms with Crippen LogP contribution in [-0.4, -0.2) is 41.6 Å². The van der Waals surface area contributed by atoms with Crippen LogP contribution in [0.1, 0.15) is 16.7 Å². The fourth-order valence-corrected chi connectivity index (χ4v) is 5.46. The number of aliphatic hydroxyl groups is 1. The van der Waals surface area contributed by atoms with E-state index in [0.717, 1.165) is 22.4 Å². The highest BCUT2D eigenvalue weighted by molar-refractivity contribution is 7.99. The average molecular weight is 569 g/mol. The highest BCUT2D eigenvalue weighted by atomic mass is 32.2. The number of rotatable bonds is 13. The molecule has 0 aliphatic carbocycles. The zero-order valence-corrected chi connectivity index (χ0v) is 23.7. The van der Waals surface area contributed by atoms with Crippen LogP contribution in [0.4, 0.5) is 0 Å². The molecule has 1 saturated heterocycles. The molecule has 0 bridgehead atoms. The first kappa shape index (κ1) is 29.3. The molecule has 1 aliphatic rings. The van der Waals surface area contributed by atoms with Gasteiger partial charge in [0.05, 0.1) is 19.8 Å². The van der Waals surface area contributed by atoms with Crippen molar-refractivity contribution in [2.45, 2.75) is 55.4 Å². The minimum absolute atomic E-state index is 0.316. The van der Waals surface area contributed by atoms with Crippen LogP contribution in [-0.2, 0) is 38.8 Å². The summed E-state index contributed by atoms with van der Waals surface area (Å²) in [5.74, 6) is 0.759. The molecule has 0 radical (unpaired) electrons. The molecule has 1 fully saturated rings. The zero-order valence-electron chi connectivity index (χ0n) is 22.9. The lowest BCUT2D eigenvalue weighted by molar-refractivity contribution is -0.302. The Hall–Kier alpha value is -3.23. The molecular formula is C35H36O5S. The van der Waals surface area contributed by atoms with Gasteiger partial charge in [0, 0.05) is 10.6 Å². The van der Waals surface area contributed by atoms with Crippen molar-refractivity contribution in [3.05, 3.63) is 150 Å². The van der Waals surface area contributed by atoms with E-state index >= 15 is 0 Å². The fourth-order valence-electron chi connectivity index (χ4n) is 4.71. The van der Waals surface area contributed by atoms with E-state index in [-0.39, 0.29) is 0 Å². The monoisotopic (exact) mass is 568 g/mol. The van der Waals surface area contributed by atoms with Crippen molar-refractivity contribution in [3.8, 4) is 0 Å². The van der Waals surface area contributed by atoms with Crippen LogP contribution in [0.5, 0.6) is 0 Å². The molecule has 5 atom stereocenters. The molecule has 4 aromatic rings. The summed E-state index contributed by atoms with van der Waals surface area (Å²) in [6.07, 6.45) is 0.482. The quantitative estimate of drug-likeness (QED) is 0.141. The van der Waals surface area contributed by atoms with Crippen LogP contribution >= 0.6 is 11.8 Å². The molecule has 1 unspecified atom stereocenters. The van der Waals surface area contributed by atoms with Crippen molar-refractivity contribution < 1.29 is 24.1 Å². The van der Waals surface area contributed by atoms with Crippen molar-refractivity contribution in [2.75, 3.05) is 5.75 Å². The minimum atomic E-state index is -1.19. The van der Waals surface area contributed by atoms with E-state index in [0.29, 0.717) is 19.8 Å². The van der Waals surface area contributed by atoms with Crippen molar-refractivity contribution >= 4 is 11.8 Å². The Morgan fingerprint density at radius 1 is 0.585 bits per heavy atom. The lowest BCUT2D eigenvalue weighted by Gasteiger charge is -2.43. The highest BCUT2D eigenvalue weighted by Crippen LogP contribution is 2.30. The van der Waals surface area contributed by atoms with Crippen LogP contribution < -0.4 is 0 Å². The molecule has 1 N–H and O–H groups in total. The average Bonchev–Trinajstić information content (AvgIpc) is 3.03. The van der Waals surface area contributed by atoms with Gasteiger partial charge in [0.15, 0.2) is 6.29 Å². The lowest BCUT2D eigenvalue weighted by atomic mass is 9.97.